The van der Waals surface area contributed by atoms with Crippen LogP contribution in [0.25, 0.3) is 0 Å². The van der Waals surface area contributed by atoms with Crippen molar-refractivity contribution >= 4 is 38.9 Å². The minimum absolute atomic E-state index is 0.592. The number of hydrogen-bond acceptors (Lipinski definition) is 2. The molecule has 1 nitrogen and oxygen atoms in total. The molecule has 0 amide bonds. The summed E-state index contributed by atoms with van der Waals surface area (Å²) in [4.78, 5) is 1.43. The summed E-state index contributed by atoms with van der Waals surface area (Å²) in [6.07, 6.45) is 2.15. The number of benzene rings is 1. The van der Waals surface area contributed by atoms with Crippen molar-refractivity contribution in [3.63, 3.8) is 0 Å². The number of hydrogen-bond donors (Lipinski definition) is 1. The van der Waals surface area contributed by atoms with E-state index in [4.69, 9.17) is 11.6 Å². The lowest BCUT2D eigenvalue weighted by atomic mass is 9.95. The molecule has 0 aliphatic heterocycles. The zero-order valence-corrected chi connectivity index (χ0v) is 14.0. The summed E-state index contributed by atoms with van der Waals surface area (Å²) in [6.45, 7) is 1.02. The maximum absolute atomic E-state index is 6.05. The third-order valence-electron chi connectivity index (χ3n) is 3.02. The Morgan fingerprint density at radius 3 is 2.74 bits per heavy atom. The lowest BCUT2D eigenvalue weighted by molar-refractivity contribution is 0.496. The fourth-order valence-corrected chi connectivity index (χ4v) is 4.06. The van der Waals surface area contributed by atoms with Crippen molar-refractivity contribution in [3.8, 4) is 0 Å². The van der Waals surface area contributed by atoms with Gasteiger partial charge in [0, 0.05) is 9.90 Å². The molecule has 1 N–H and O–H groups in total. The lowest BCUT2D eigenvalue weighted by Crippen LogP contribution is -2.22. The van der Waals surface area contributed by atoms with Gasteiger partial charge in [-0.15, -0.1) is 11.3 Å². The van der Waals surface area contributed by atoms with Gasteiger partial charge in [0.1, 0.15) is 0 Å². The van der Waals surface area contributed by atoms with Crippen LogP contribution in [0.3, 0.4) is 0 Å². The van der Waals surface area contributed by atoms with E-state index in [1.807, 2.05) is 30.5 Å². The highest BCUT2D eigenvalue weighted by Gasteiger charge is 2.11. The van der Waals surface area contributed by atoms with Crippen molar-refractivity contribution in [3.05, 3.63) is 55.6 Å². The molecule has 1 unspecified atom stereocenters. The number of halogens is 2. The fourth-order valence-electron chi connectivity index (χ4n) is 2.25. The van der Waals surface area contributed by atoms with Crippen LogP contribution in [0.1, 0.15) is 10.4 Å². The summed E-state index contributed by atoms with van der Waals surface area (Å²) in [5.74, 6) is 0.592. The molecule has 0 aliphatic rings. The molecule has 1 atom stereocenters. The molecule has 1 aromatic heterocycles. The smallest absolute Gasteiger partial charge is 0.0701 e. The van der Waals surface area contributed by atoms with Crippen molar-refractivity contribution in [1.82, 2.24) is 5.32 Å². The third-order valence-corrected chi connectivity index (χ3v) is 4.91. The molecule has 0 radical (unpaired) electrons. The predicted octanol–water partition coefficient (Wildman–Crippen LogP) is 4.78. The molecular formula is C15H17BrClNS. The first-order chi connectivity index (χ1) is 9.17. The summed E-state index contributed by atoms with van der Waals surface area (Å²) in [6, 6.07) is 12.5. The van der Waals surface area contributed by atoms with Gasteiger partial charge in [0.25, 0.3) is 0 Å². The molecule has 1 heterocycles. The van der Waals surface area contributed by atoms with Crippen molar-refractivity contribution in [2.45, 2.75) is 12.8 Å². The van der Waals surface area contributed by atoms with Crippen LogP contribution in [-0.2, 0) is 12.8 Å². The van der Waals surface area contributed by atoms with E-state index < -0.39 is 0 Å². The number of nitrogens with one attached hydrogen (secondary N) is 1. The van der Waals surface area contributed by atoms with Crippen LogP contribution in [-0.4, -0.2) is 13.6 Å². The Balaban J connectivity index is 2.03. The Bertz CT molecular complexity index is 526. The predicted molar refractivity (Wildman–Crippen MR) is 88.3 cm³/mol. The van der Waals surface area contributed by atoms with E-state index in [1.54, 1.807) is 0 Å². The van der Waals surface area contributed by atoms with Gasteiger partial charge in [-0.05, 0) is 78.1 Å². The minimum atomic E-state index is 0.592. The molecule has 102 valence electrons. The van der Waals surface area contributed by atoms with Gasteiger partial charge in [-0.2, -0.15) is 0 Å². The Kier molecular flexibility index (Phi) is 5.89. The monoisotopic (exact) mass is 357 g/mol. The summed E-state index contributed by atoms with van der Waals surface area (Å²) in [5.41, 5.74) is 1.31. The van der Waals surface area contributed by atoms with Crippen LogP contribution < -0.4 is 5.32 Å². The van der Waals surface area contributed by atoms with E-state index in [1.165, 1.54) is 14.2 Å². The van der Waals surface area contributed by atoms with Crippen LogP contribution in [0.4, 0.5) is 0 Å². The van der Waals surface area contributed by atoms with Crippen molar-refractivity contribution in [1.29, 1.82) is 0 Å². The minimum Gasteiger partial charge on any atom is -0.319 e. The summed E-state index contributed by atoms with van der Waals surface area (Å²) in [7, 11) is 2.01. The molecule has 0 bridgehead atoms. The first-order valence-corrected chi connectivity index (χ1v) is 8.29. The highest BCUT2D eigenvalue weighted by atomic mass is 79.9. The molecule has 1 aromatic carbocycles. The normalized spacial score (nSPS) is 12.6. The third kappa shape index (κ3) is 4.92. The Hall–Kier alpha value is -0.350. The van der Waals surface area contributed by atoms with E-state index in [9.17, 15) is 0 Å². The van der Waals surface area contributed by atoms with Gasteiger partial charge in [0.15, 0.2) is 0 Å². The second-order valence-electron chi connectivity index (χ2n) is 4.67. The zero-order chi connectivity index (χ0) is 13.7. The molecule has 2 aromatic rings. The van der Waals surface area contributed by atoms with Gasteiger partial charge >= 0.3 is 0 Å². The first kappa shape index (κ1) is 15.0. The van der Waals surface area contributed by atoms with Gasteiger partial charge in [-0.25, -0.2) is 0 Å². The summed E-state index contributed by atoms with van der Waals surface area (Å²) in [5, 5.41) is 4.11. The van der Waals surface area contributed by atoms with Crippen LogP contribution in [0.15, 0.2) is 40.2 Å². The van der Waals surface area contributed by atoms with Gasteiger partial charge in [-0.1, -0.05) is 23.7 Å². The number of rotatable bonds is 6. The first-order valence-electron chi connectivity index (χ1n) is 6.30. The topological polar surface area (TPSA) is 12.0 Å². The van der Waals surface area contributed by atoms with Crippen LogP contribution >= 0.6 is 38.9 Å². The number of thiophene rings is 1. The summed E-state index contributed by atoms with van der Waals surface area (Å²) >= 11 is 11.4. The fraction of sp³-hybridized carbons (Fsp3) is 0.333. The van der Waals surface area contributed by atoms with Crippen LogP contribution in [0.2, 0.25) is 5.02 Å². The van der Waals surface area contributed by atoms with E-state index in [0.717, 1.165) is 24.4 Å². The largest absolute Gasteiger partial charge is 0.319 e. The Morgan fingerprint density at radius 1 is 1.26 bits per heavy atom. The molecule has 19 heavy (non-hydrogen) atoms. The molecule has 2 rings (SSSR count). The average Bonchev–Trinajstić information content (AvgIpc) is 2.75. The molecule has 4 heteroatoms. The van der Waals surface area contributed by atoms with Crippen LogP contribution in [0.5, 0.6) is 0 Å². The molecule has 0 saturated carbocycles. The quantitative estimate of drug-likeness (QED) is 0.783. The van der Waals surface area contributed by atoms with Gasteiger partial charge < -0.3 is 5.32 Å². The second kappa shape index (κ2) is 7.44. The molecule has 0 fully saturated rings. The maximum Gasteiger partial charge on any atom is 0.0701 e. The van der Waals surface area contributed by atoms with E-state index in [-0.39, 0.29) is 0 Å². The van der Waals surface area contributed by atoms with Crippen LogP contribution in [0, 0.1) is 5.92 Å². The second-order valence-corrected chi connectivity index (χ2v) is 7.65. The van der Waals surface area contributed by atoms with Crippen molar-refractivity contribution in [2.24, 2.45) is 5.92 Å². The molecule has 0 aliphatic carbocycles. The Labute approximate surface area is 132 Å². The van der Waals surface area contributed by atoms with E-state index >= 15 is 0 Å². The molecule has 0 saturated heterocycles. The van der Waals surface area contributed by atoms with E-state index in [2.05, 4.69) is 45.5 Å². The highest BCUT2D eigenvalue weighted by Crippen LogP contribution is 2.25. The van der Waals surface area contributed by atoms with Gasteiger partial charge in [0.05, 0.1) is 3.79 Å². The SMILES string of the molecule is CNCC(Cc1cccc(Cl)c1)Cc1ccc(Br)s1. The Morgan fingerprint density at radius 2 is 2.11 bits per heavy atom. The lowest BCUT2D eigenvalue weighted by Gasteiger charge is -2.16. The molecular weight excluding hydrogens is 342 g/mol. The maximum atomic E-state index is 6.05. The zero-order valence-electron chi connectivity index (χ0n) is 10.8. The van der Waals surface area contributed by atoms with E-state index in [0.29, 0.717) is 5.92 Å². The van der Waals surface area contributed by atoms with Crippen molar-refractivity contribution < 1.29 is 0 Å². The van der Waals surface area contributed by atoms with Gasteiger partial charge in [0.2, 0.25) is 0 Å². The molecule has 0 spiro atoms. The summed E-state index contributed by atoms with van der Waals surface area (Å²) < 4.78 is 1.20. The van der Waals surface area contributed by atoms with Gasteiger partial charge in [-0.3, -0.25) is 0 Å². The van der Waals surface area contributed by atoms with Crippen molar-refractivity contribution in [2.75, 3.05) is 13.6 Å². The standard InChI is InChI=1S/C15H17BrClNS/c1-18-10-12(9-14-5-6-15(16)19-14)7-11-3-2-4-13(17)8-11/h2-6,8,12,18H,7,9-10H2,1H3. The average molecular weight is 359 g/mol. The highest BCUT2D eigenvalue weighted by molar-refractivity contribution is 9.11.